The maximum absolute atomic E-state index is 12.4. The number of carbonyl (C=O) groups is 1. The van der Waals surface area contributed by atoms with Crippen LogP contribution in [0.3, 0.4) is 0 Å². The van der Waals surface area contributed by atoms with Crippen LogP contribution in [0.5, 0.6) is 11.5 Å². The first-order valence-electron chi connectivity index (χ1n) is 10.6. The molecule has 0 unspecified atom stereocenters. The van der Waals surface area contributed by atoms with Crippen molar-refractivity contribution in [1.82, 2.24) is 0 Å². The van der Waals surface area contributed by atoms with Crippen molar-refractivity contribution in [2.24, 2.45) is 0 Å². The Morgan fingerprint density at radius 1 is 0.829 bits per heavy atom. The summed E-state index contributed by atoms with van der Waals surface area (Å²) in [6, 6.07) is 3.75. The molecule has 196 valence electrons. The molecule has 2 aliphatic heterocycles. The molecule has 0 radical (unpaired) electrons. The van der Waals surface area contributed by atoms with Crippen molar-refractivity contribution in [3.63, 3.8) is 0 Å². The highest BCUT2D eigenvalue weighted by Crippen LogP contribution is 2.30. The maximum atomic E-state index is 12.4. The quantitative estimate of drug-likeness (QED) is 0.0986. The van der Waals surface area contributed by atoms with E-state index in [-0.39, 0.29) is 5.75 Å². The van der Waals surface area contributed by atoms with Crippen LogP contribution in [0.25, 0.3) is 6.08 Å². The van der Waals surface area contributed by atoms with Crippen molar-refractivity contribution in [2.75, 3.05) is 13.2 Å². The topological polar surface area (TPSA) is 236 Å². The lowest BCUT2D eigenvalue weighted by Gasteiger charge is -2.45. The number of aliphatic hydroxyl groups excluding tert-OH is 7. The molecular weight excluding hydrogens is 476 g/mol. The van der Waals surface area contributed by atoms with Gasteiger partial charge in [-0.25, -0.2) is 4.79 Å². The number of phenolic OH excluding ortho intramolecular Hbond substituents is 2. The lowest BCUT2D eigenvalue weighted by Crippen LogP contribution is -2.64. The third-order valence-electron chi connectivity index (χ3n) is 5.61. The van der Waals surface area contributed by atoms with Gasteiger partial charge in [0.25, 0.3) is 0 Å². The van der Waals surface area contributed by atoms with Gasteiger partial charge in [0.1, 0.15) is 42.7 Å². The molecule has 0 aromatic heterocycles. The molecule has 9 N–H and O–H groups in total. The fourth-order valence-electron chi connectivity index (χ4n) is 3.59. The standard InChI is InChI=1S/C21H28O14/c22-6-11-14(27)16(29)18(31)20(32-11)35-19-17(30)15(28)12(7-23)33-21(19)34-13(26)4-2-8-1-3-9(24)10(25)5-8/h1-5,11-12,14-25,27-31H,6-7H2/t11-,12-,14-,15-,16-,17+,18-,19-,20-,21+/m0/s1. The van der Waals surface area contributed by atoms with Crippen molar-refractivity contribution < 1.29 is 69.7 Å². The van der Waals surface area contributed by atoms with Crippen molar-refractivity contribution >= 4 is 12.0 Å². The predicted octanol–water partition coefficient (Wildman–Crippen LogP) is -3.72. The minimum Gasteiger partial charge on any atom is -0.504 e. The first-order chi connectivity index (χ1) is 16.6. The van der Waals surface area contributed by atoms with Crippen LogP contribution in [0, 0.1) is 0 Å². The van der Waals surface area contributed by atoms with E-state index in [2.05, 4.69) is 0 Å². The number of aromatic hydroxyl groups is 2. The third kappa shape index (κ3) is 6.07. The summed E-state index contributed by atoms with van der Waals surface area (Å²) in [5, 5.41) is 88.4. The highest BCUT2D eigenvalue weighted by atomic mass is 16.8. The summed E-state index contributed by atoms with van der Waals surface area (Å²) < 4.78 is 21.1. The minimum atomic E-state index is -1.86. The van der Waals surface area contributed by atoms with Gasteiger partial charge in [0.15, 0.2) is 23.9 Å². The summed E-state index contributed by atoms with van der Waals surface area (Å²) in [5.74, 6) is -1.83. The summed E-state index contributed by atoms with van der Waals surface area (Å²) in [6.45, 7) is -1.51. The number of esters is 1. The molecule has 2 heterocycles. The second-order valence-electron chi connectivity index (χ2n) is 8.02. The Hall–Kier alpha value is -2.37. The number of rotatable bonds is 7. The van der Waals surface area contributed by atoms with Crippen LogP contribution in [0.4, 0.5) is 0 Å². The van der Waals surface area contributed by atoms with E-state index in [4.69, 9.17) is 18.9 Å². The Balaban J connectivity index is 1.76. The number of carbonyl (C=O) groups excluding carboxylic acids is 1. The average molecular weight is 504 g/mol. The van der Waals surface area contributed by atoms with E-state index < -0.39 is 86.3 Å². The van der Waals surface area contributed by atoms with Gasteiger partial charge in [-0.1, -0.05) is 6.07 Å². The SMILES string of the molecule is O=C(C=Cc1ccc(O)c(O)c1)O[C@H]1O[C@@H](CO)[C@H](O)[C@@H](O)[C@@H]1O[C@@H]1O[C@@H](CO)[C@H](O)[C@H](O)[C@@H]1O. The molecule has 0 spiro atoms. The Morgan fingerprint density at radius 2 is 1.43 bits per heavy atom. The second kappa shape index (κ2) is 11.6. The van der Waals surface area contributed by atoms with Crippen LogP contribution >= 0.6 is 0 Å². The van der Waals surface area contributed by atoms with E-state index in [1.807, 2.05) is 0 Å². The third-order valence-corrected chi connectivity index (χ3v) is 5.61. The number of phenols is 2. The summed E-state index contributed by atoms with van der Waals surface area (Å²) in [6.07, 6.45) is -14.6. The van der Waals surface area contributed by atoms with Crippen LogP contribution in [0.1, 0.15) is 5.56 Å². The van der Waals surface area contributed by atoms with Crippen molar-refractivity contribution in [3.05, 3.63) is 29.8 Å². The Morgan fingerprint density at radius 3 is 2.03 bits per heavy atom. The molecule has 2 aliphatic rings. The Kier molecular flexibility index (Phi) is 9.00. The smallest absolute Gasteiger partial charge is 0.333 e. The minimum absolute atomic E-state index is 0.319. The Bertz CT molecular complexity index is 891. The van der Waals surface area contributed by atoms with Gasteiger partial charge in [-0.2, -0.15) is 0 Å². The maximum Gasteiger partial charge on any atom is 0.333 e. The Labute approximate surface area is 198 Å². The summed E-state index contributed by atoms with van der Waals surface area (Å²) in [7, 11) is 0. The first-order valence-corrected chi connectivity index (χ1v) is 10.6. The second-order valence-corrected chi connectivity index (χ2v) is 8.02. The van der Waals surface area contributed by atoms with Crippen LogP contribution in [0.15, 0.2) is 24.3 Å². The van der Waals surface area contributed by atoms with Crippen molar-refractivity contribution in [1.29, 1.82) is 0 Å². The fraction of sp³-hybridized carbons (Fsp3) is 0.571. The van der Waals surface area contributed by atoms with Gasteiger partial charge in [0.2, 0.25) is 6.29 Å². The van der Waals surface area contributed by atoms with Gasteiger partial charge >= 0.3 is 5.97 Å². The van der Waals surface area contributed by atoms with Crippen LogP contribution in [-0.2, 0) is 23.7 Å². The van der Waals surface area contributed by atoms with Crippen molar-refractivity contribution in [3.8, 4) is 11.5 Å². The predicted molar refractivity (Wildman–Crippen MR) is 111 cm³/mol. The number of hydrogen-bond acceptors (Lipinski definition) is 14. The number of ether oxygens (including phenoxy) is 4. The van der Waals surface area contributed by atoms with E-state index in [1.165, 1.54) is 24.3 Å². The molecule has 0 aliphatic carbocycles. The summed E-state index contributed by atoms with van der Waals surface area (Å²) in [4.78, 5) is 12.4. The molecule has 0 amide bonds. The molecule has 1 aromatic carbocycles. The molecule has 14 nitrogen and oxygen atoms in total. The lowest BCUT2D eigenvalue weighted by molar-refractivity contribution is -0.362. The van der Waals surface area contributed by atoms with Gasteiger partial charge in [-0.3, -0.25) is 0 Å². The zero-order valence-corrected chi connectivity index (χ0v) is 18.1. The van der Waals surface area contributed by atoms with E-state index in [0.717, 1.165) is 6.08 Å². The molecule has 1 aromatic rings. The van der Waals surface area contributed by atoms with Crippen LogP contribution in [-0.4, -0.2) is 127 Å². The molecule has 14 heteroatoms. The van der Waals surface area contributed by atoms with E-state index in [9.17, 15) is 50.8 Å². The fourth-order valence-corrected chi connectivity index (χ4v) is 3.59. The zero-order valence-electron chi connectivity index (χ0n) is 18.1. The van der Waals surface area contributed by atoms with E-state index in [1.54, 1.807) is 0 Å². The van der Waals surface area contributed by atoms with Gasteiger partial charge in [0.05, 0.1) is 13.2 Å². The summed E-state index contributed by atoms with van der Waals surface area (Å²) >= 11 is 0. The molecule has 2 fully saturated rings. The van der Waals surface area contributed by atoms with Gasteiger partial charge in [-0.15, -0.1) is 0 Å². The van der Waals surface area contributed by atoms with Crippen LogP contribution in [0.2, 0.25) is 0 Å². The highest BCUT2D eigenvalue weighted by molar-refractivity contribution is 5.87. The molecule has 0 bridgehead atoms. The average Bonchev–Trinajstić information content (AvgIpc) is 2.84. The van der Waals surface area contributed by atoms with Gasteiger partial charge in [-0.05, 0) is 23.8 Å². The number of benzene rings is 1. The normalized spacial score (nSPS) is 37.9. The molecule has 3 rings (SSSR count). The van der Waals surface area contributed by atoms with Crippen molar-refractivity contribution in [2.45, 2.75) is 61.4 Å². The monoisotopic (exact) mass is 504 g/mol. The van der Waals surface area contributed by atoms with Crippen LogP contribution < -0.4 is 0 Å². The van der Waals surface area contributed by atoms with E-state index in [0.29, 0.717) is 5.56 Å². The van der Waals surface area contributed by atoms with Gasteiger partial charge < -0.3 is 64.9 Å². The largest absolute Gasteiger partial charge is 0.504 e. The van der Waals surface area contributed by atoms with Gasteiger partial charge in [0, 0.05) is 6.08 Å². The summed E-state index contributed by atoms with van der Waals surface area (Å²) in [5.41, 5.74) is 0.319. The molecule has 0 saturated carbocycles. The first kappa shape index (κ1) is 27.2. The molecule has 2 saturated heterocycles. The molecule has 35 heavy (non-hydrogen) atoms. The molecule has 10 atom stereocenters. The number of aliphatic hydroxyl groups is 7. The lowest BCUT2D eigenvalue weighted by atomic mass is 9.97. The molecular formula is C21H28O14. The van der Waals surface area contributed by atoms with E-state index >= 15 is 0 Å². The zero-order chi connectivity index (χ0) is 25.9. The highest BCUT2D eigenvalue weighted by Gasteiger charge is 2.51. The number of hydrogen-bond donors (Lipinski definition) is 9.